The van der Waals surface area contributed by atoms with Crippen LogP contribution in [0.5, 0.6) is 0 Å². The van der Waals surface area contributed by atoms with Crippen molar-refractivity contribution >= 4 is 5.91 Å². The van der Waals surface area contributed by atoms with Crippen LogP contribution in [-0.4, -0.2) is 19.0 Å². The summed E-state index contributed by atoms with van der Waals surface area (Å²) in [7, 11) is 0. The van der Waals surface area contributed by atoms with Gasteiger partial charge >= 0.3 is 0 Å². The zero-order valence-electron chi connectivity index (χ0n) is 9.22. The molecule has 1 aliphatic rings. The van der Waals surface area contributed by atoms with Crippen molar-refractivity contribution < 1.29 is 4.79 Å². The van der Waals surface area contributed by atoms with Gasteiger partial charge in [-0.2, -0.15) is 0 Å². The highest BCUT2D eigenvalue weighted by Crippen LogP contribution is 2.19. The minimum atomic E-state index is 0.138. The maximum absolute atomic E-state index is 11.5. The number of rotatable bonds is 4. The summed E-state index contributed by atoms with van der Waals surface area (Å²) in [4.78, 5) is 11.5. The van der Waals surface area contributed by atoms with Gasteiger partial charge in [-0.3, -0.25) is 4.79 Å². The van der Waals surface area contributed by atoms with E-state index in [0.717, 1.165) is 32.1 Å². The second-order valence-electron chi connectivity index (χ2n) is 3.99. The van der Waals surface area contributed by atoms with Crippen LogP contribution >= 0.6 is 0 Å². The SMILES string of the molecule is NCCNC(=O)CC1CCC#CCCC1. The van der Waals surface area contributed by atoms with Gasteiger partial charge in [0, 0.05) is 32.4 Å². The molecule has 1 rings (SSSR count). The molecule has 0 aromatic heterocycles. The molecule has 3 nitrogen and oxygen atoms in total. The summed E-state index contributed by atoms with van der Waals surface area (Å²) in [5.41, 5.74) is 5.32. The molecule has 3 N–H and O–H groups in total. The van der Waals surface area contributed by atoms with E-state index in [1.807, 2.05) is 0 Å². The minimum absolute atomic E-state index is 0.138. The van der Waals surface area contributed by atoms with Crippen LogP contribution in [0.25, 0.3) is 0 Å². The van der Waals surface area contributed by atoms with Crippen molar-refractivity contribution in [3.05, 3.63) is 0 Å². The summed E-state index contributed by atoms with van der Waals surface area (Å²) in [5, 5.41) is 2.82. The zero-order valence-corrected chi connectivity index (χ0v) is 9.22. The van der Waals surface area contributed by atoms with Gasteiger partial charge in [0.15, 0.2) is 0 Å². The Morgan fingerprint density at radius 1 is 1.33 bits per heavy atom. The molecular weight excluding hydrogens is 188 g/mol. The van der Waals surface area contributed by atoms with Crippen molar-refractivity contribution in [3.8, 4) is 11.8 Å². The number of nitrogens with one attached hydrogen (secondary N) is 1. The first kappa shape index (κ1) is 12.1. The quantitative estimate of drug-likeness (QED) is 0.678. The fourth-order valence-corrected chi connectivity index (χ4v) is 1.83. The van der Waals surface area contributed by atoms with E-state index < -0.39 is 0 Å². The van der Waals surface area contributed by atoms with Crippen molar-refractivity contribution in [1.29, 1.82) is 0 Å². The Morgan fingerprint density at radius 3 is 2.93 bits per heavy atom. The molecule has 84 valence electrons. The highest BCUT2D eigenvalue weighted by molar-refractivity contribution is 5.76. The van der Waals surface area contributed by atoms with E-state index in [2.05, 4.69) is 17.2 Å². The summed E-state index contributed by atoms with van der Waals surface area (Å²) in [6.07, 6.45) is 5.88. The Kier molecular flexibility index (Phi) is 5.87. The summed E-state index contributed by atoms with van der Waals surface area (Å²) in [6.45, 7) is 1.10. The van der Waals surface area contributed by atoms with Crippen LogP contribution in [0.1, 0.15) is 38.5 Å². The van der Waals surface area contributed by atoms with Crippen LogP contribution in [-0.2, 0) is 4.79 Å². The predicted molar refractivity (Wildman–Crippen MR) is 61.0 cm³/mol. The predicted octanol–water partition coefficient (Wildman–Crippen LogP) is 1.04. The van der Waals surface area contributed by atoms with Crippen molar-refractivity contribution in [2.75, 3.05) is 13.1 Å². The molecule has 0 saturated heterocycles. The first-order chi connectivity index (χ1) is 7.33. The molecule has 0 heterocycles. The lowest BCUT2D eigenvalue weighted by molar-refractivity contribution is -0.122. The molecule has 3 heteroatoms. The van der Waals surface area contributed by atoms with Gasteiger partial charge in [-0.05, 0) is 25.2 Å². The Balaban J connectivity index is 2.24. The Labute approximate surface area is 91.8 Å². The molecule has 1 atom stereocenters. The summed E-state index contributed by atoms with van der Waals surface area (Å²) in [5.74, 6) is 6.91. The smallest absolute Gasteiger partial charge is 0.220 e. The van der Waals surface area contributed by atoms with Crippen molar-refractivity contribution in [3.63, 3.8) is 0 Å². The number of carbonyl (C=O) groups excluding carboxylic acids is 1. The molecule has 15 heavy (non-hydrogen) atoms. The van der Waals surface area contributed by atoms with Gasteiger partial charge in [-0.15, -0.1) is 11.8 Å². The van der Waals surface area contributed by atoms with Crippen LogP contribution in [0, 0.1) is 17.8 Å². The normalized spacial score (nSPS) is 20.7. The number of hydrogen-bond donors (Lipinski definition) is 2. The third kappa shape index (κ3) is 5.44. The molecular formula is C12H20N2O. The van der Waals surface area contributed by atoms with Gasteiger partial charge in [0.25, 0.3) is 0 Å². The Hall–Kier alpha value is -1.01. The van der Waals surface area contributed by atoms with Gasteiger partial charge in [0.05, 0.1) is 0 Å². The fraction of sp³-hybridized carbons (Fsp3) is 0.750. The molecule has 0 saturated carbocycles. The van der Waals surface area contributed by atoms with Gasteiger partial charge < -0.3 is 11.1 Å². The van der Waals surface area contributed by atoms with E-state index in [1.165, 1.54) is 0 Å². The van der Waals surface area contributed by atoms with Gasteiger partial charge in [-0.25, -0.2) is 0 Å². The van der Waals surface area contributed by atoms with E-state index in [-0.39, 0.29) is 5.91 Å². The van der Waals surface area contributed by atoms with Crippen LogP contribution in [0.4, 0.5) is 0 Å². The lowest BCUT2D eigenvalue weighted by Crippen LogP contribution is -2.30. The van der Waals surface area contributed by atoms with Crippen molar-refractivity contribution in [1.82, 2.24) is 5.32 Å². The highest BCUT2D eigenvalue weighted by atomic mass is 16.1. The topological polar surface area (TPSA) is 55.1 Å². The van der Waals surface area contributed by atoms with Gasteiger partial charge in [0.1, 0.15) is 0 Å². The Bertz CT molecular complexity index is 252. The summed E-state index contributed by atoms with van der Waals surface area (Å²) >= 11 is 0. The fourth-order valence-electron chi connectivity index (χ4n) is 1.83. The van der Waals surface area contributed by atoms with E-state index in [1.54, 1.807) is 0 Å². The number of amides is 1. The first-order valence-electron chi connectivity index (χ1n) is 5.75. The second kappa shape index (κ2) is 7.30. The zero-order chi connectivity index (χ0) is 10.9. The highest BCUT2D eigenvalue weighted by Gasteiger charge is 2.13. The molecule has 0 bridgehead atoms. The average Bonchev–Trinajstić information content (AvgIpc) is 2.19. The monoisotopic (exact) mass is 208 g/mol. The lowest BCUT2D eigenvalue weighted by Gasteiger charge is -2.15. The first-order valence-corrected chi connectivity index (χ1v) is 5.75. The van der Waals surface area contributed by atoms with Crippen molar-refractivity contribution in [2.24, 2.45) is 11.7 Å². The lowest BCUT2D eigenvalue weighted by atomic mass is 9.92. The van der Waals surface area contributed by atoms with E-state index in [9.17, 15) is 4.79 Å². The number of nitrogens with two attached hydrogens (primary N) is 1. The molecule has 0 spiro atoms. The van der Waals surface area contributed by atoms with Crippen molar-refractivity contribution in [2.45, 2.75) is 38.5 Å². The van der Waals surface area contributed by atoms with Crippen LogP contribution in [0.3, 0.4) is 0 Å². The molecule has 0 radical (unpaired) electrons. The van der Waals surface area contributed by atoms with E-state index in [0.29, 0.717) is 25.4 Å². The van der Waals surface area contributed by atoms with E-state index in [4.69, 9.17) is 5.73 Å². The summed E-state index contributed by atoms with van der Waals surface area (Å²) < 4.78 is 0. The number of hydrogen-bond acceptors (Lipinski definition) is 2. The maximum atomic E-state index is 11.5. The molecule has 0 fully saturated rings. The standard InChI is InChI=1S/C12H20N2O/c13-8-9-14-12(15)10-11-6-4-2-1-3-5-7-11/h11H,2,4-10,13H2,(H,14,15). The molecule has 0 aromatic rings. The van der Waals surface area contributed by atoms with Crippen LogP contribution in [0.2, 0.25) is 0 Å². The molecule has 1 amide bonds. The van der Waals surface area contributed by atoms with Crippen LogP contribution in [0.15, 0.2) is 0 Å². The number of carbonyl (C=O) groups is 1. The van der Waals surface area contributed by atoms with E-state index >= 15 is 0 Å². The minimum Gasteiger partial charge on any atom is -0.355 e. The maximum Gasteiger partial charge on any atom is 0.220 e. The Morgan fingerprint density at radius 2 is 2.13 bits per heavy atom. The average molecular weight is 208 g/mol. The van der Waals surface area contributed by atoms with Gasteiger partial charge in [0.2, 0.25) is 5.91 Å². The molecule has 1 unspecified atom stereocenters. The van der Waals surface area contributed by atoms with Crippen LogP contribution < -0.4 is 11.1 Å². The summed E-state index contributed by atoms with van der Waals surface area (Å²) in [6, 6.07) is 0. The van der Waals surface area contributed by atoms with Gasteiger partial charge in [-0.1, -0.05) is 0 Å². The third-order valence-corrected chi connectivity index (χ3v) is 2.66. The second-order valence-corrected chi connectivity index (χ2v) is 3.99. The third-order valence-electron chi connectivity index (χ3n) is 2.66. The molecule has 0 aromatic carbocycles. The molecule has 1 aliphatic carbocycles. The largest absolute Gasteiger partial charge is 0.355 e. The molecule has 0 aliphatic heterocycles.